The van der Waals surface area contributed by atoms with E-state index >= 15 is 0 Å². The highest BCUT2D eigenvalue weighted by atomic mass is 16.5. The summed E-state index contributed by atoms with van der Waals surface area (Å²) in [5.74, 6) is -0.823. The molecular weight excluding hydrogens is 354 g/mol. The lowest BCUT2D eigenvalue weighted by atomic mass is 10.1. The van der Waals surface area contributed by atoms with Crippen LogP contribution in [-0.4, -0.2) is 24.0 Å². The number of methoxy groups -OCH3 is 1. The zero-order valence-electron chi connectivity index (χ0n) is 15.9. The SMILES string of the molecule is COC(=O)c1cccc(NC(=O)c2ccc(Nc3ccc(C)cc3C)cn2)c1. The molecule has 28 heavy (non-hydrogen) atoms. The second kappa shape index (κ2) is 8.35. The van der Waals surface area contributed by atoms with Gasteiger partial charge in [0.25, 0.3) is 5.91 Å². The summed E-state index contributed by atoms with van der Waals surface area (Å²) in [4.78, 5) is 28.2. The molecule has 0 atom stereocenters. The van der Waals surface area contributed by atoms with Gasteiger partial charge in [-0.15, -0.1) is 0 Å². The molecule has 2 aromatic carbocycles. The predicted molar refractivity (Wildman–Crippen MR) is 109 cm³/mol. The molecule has 0 bridgehead atoms. The van der Waals surface area contributed by atoms with Crippen LogP contribution in [0.5, 0.6) is 0 Å². The van der Waals surface area contributed by atoms with Crippen LogP contribution < -0.4 is 10.6 Å². The van der Waals surface area contributed by atoms with Gasteiger partial charge < -0.3 is 15.4 Å². The third-order valence-electron chi connectivity index (χ3n) is 4.20. The monoisotopic (exact) mass is 375 g/mol. The van der Waals surface area contributed by atoms with Crippen molar-refractivity contribution in [1.29, 1.82) is 0 Å². The Balaban J connectivity index is 1.69. The van der Waals surface area contributed by atoms with Crippen LogP contribution >= 0.6 is 0 Å². The highest BCUT2D eigenvalue weighted by molar-refractivity contribution is 6.03. The van der Waals surface area contributed by atoms with Gasteiger partial charge in [-0.3, -0.25) is 4.79 Å². The molecule has 0 saturated carbocycles. The zero-order valence-corrected chi connectivity index (χ0v) is 15.9. The minimum absolute atomic E-state index is 0.273. The van der Waals surface area contributed by atoms with Crippen LogP contribution in [0.2, 0.25) is 0 Å². The Bertz CT molecular complexity index is 1010. The smallest absolute Gasteiger partial charge is 0.337 e. The molecule has 6 heteroatoms. The quantitative estimate of drug-likeness (QED) is 0.643. The number of nitrogens with one attached hydrogen (secondary N) is 2. The van der Waals surface area contributed by atoms with E-state index in [0.717, 1.165) is 16.9 Å². The van der Waals surface area contributed by atoms with Gasteiger partial charge in [-0.25, -0.2) is 9.78 Å². The van der Waals surface area contributed by atoms with Crippen molar-refractivity contribution in [2.75, 3.05) is 17.7 Å². The summed E-state index contributed by atoms with van der Waals surface area (Å²) in [5, 5.41) is 6.03. The van der Waals surface area contributed by atoms with E-state index in [1.165, 1.54) is 12.7 Å². The molecule has 3 rings (SSSR count). The van der Waals surface area contributed by atoms with Crippen LogP contribution in [0, 0.1) is 13.8 Å². The molecule has 0 spiro atoms. The lowest BCUT2D eigenvalue weighted by molar-refractivity contribution is 0.0600. The predicted octanol–water partition coefficient (Wildman–Crippen LogP) is 4.48. The van der Waals surface area contributed by atoms with E-state index in [2.05, 4.69) is 26.4 Å². The van der Waals surface area contributed by atoms with Crippen LogP contribution in [-0.2, 0) is 4.74 Å². The van der Waals surface area contributed by atoms with Gasteiger partial charge in [-0.05, 0) is 55.8 Å². The maximum Gasteiger partial charge on any atom is 0.337 e. The number of aryl methyl sites for hydroxylation is 2. The maximum absolute atomic E-state index is 12.4. The van der Waals surface area contributed by atoms with Gasteiger partial charge in [0.2, 0.25) is 0 Å². The number of esters is 1. The second-order valence-corrected chi connectivity index (χ2v) is 6.40. The number of carbonyl (C=O) groups excluding carboxylic acids is 2. The number of nitrogens with zero attached hydrogens (tertiary/aromatic N) is 1. The Hall–Kier alpha value is -3.67. The summed E-state index contributed by atoms with van der Waals surface area (Å²) < 4.78 is 4.69. The van der Waals surface area contributed by atoms with E-state index < -0.39 is 5.97 Å². The van der Waals surface area contributed by atoms with E-state index in [9.17, 15) is 9.59 Å². The minimum Gasteiger partial charge on any atom is -0.465 e. The fourth-order valence-corrected chi connectivity index (χ4v) is 2.75. The molecule has 0 aliphatic carbocycles. The minimum atomic E-state index is -0.462. The first kappa shape index (κ1) is 19.1. The Morgan fingerprint density at radius 1 is 0.964 bits per heavy atom. The van der Waals surface area contributed by atoms with Gasteiger partial charge in [0.15, 0.2) is 0 Å². The molecule has 1 heterocycles. The molecular formula is C22H21N3O3. The highest BCUT2D eigenvalue weighted by Gasteiger charge is 2.11. The zero-order chi connectivity index (χ0) is 20.1. The number of pyridine rings is 1. The van der Waals surface area contributed by atoms with E-state index in [0.29, 0.717) is 11.3 Å². The van der Waals surface area contributed by atoms with Gasteiger partial charge in [0.05, 0.1) is 24.6 Å². The molecule has 0 saturated heterocycles. The molecule has 2 N–H and O–H groups in total. The molecule has 0 aliphatic heterocycles. The third-order valence-corrected chi connectivity index (χ3v) is 4.20. The lowest BCUT2D eigenvalue weighted by Crippen LogP contribution is -2.14. The summed E-state index contributed by atoms with van der Waals surface area (Å²) in [6.45, 7) is 4.08. The van der Waals surface area contributed by atoms with Gasteiger partial charge in [-0.1, -0.05) is 23.8 Å². The van der Waals surface area contributed by atoms with Crippen molar-refractivity contribution in [3.63, 3.8) is 0 Å². The number of benzene rings is 2. The van der Waals surface area contributed by atoms with Crippen LogP contribution in [0.15, 0.2) is 60.8 Å². The van der Waals surface area contributed by atoms with Crippen molar-refractivity contribution < 1.29 is 14.3 Å². The molecule has 3 aromatic rings. The molecule has 1 amide bonds. The van der Waals surface area contributed by atoms with Crippen molar-refractivity contribution in [3.05, 3.63) is 83.2 Å². The number of ether oxygens (including phenoxy) is 1. The van der Waals surface area contributed by atoms with Crippen LogP contribution in [0.25, 0.3) is 0 Å². The van der Waals surface area contributed by atoms with Crippen molar-refractivity contribution in [3.8, 4) is 0 Å². The Kier molecular flexibility index (Phi) is 5.69. The van der Waals surface area contributed by atoms with Crippen LogP contribution in [0.4, 0.5) is 17.1 Å². The average molecular weight is 375 g/mol. The van der Waals surface area contributed by atoms with Gasteiger partial charge in [-0.2, -0.15) is 0 Å². The van der Waals surface area contributed by atoms with Crippen LogP contribution in [0.3, 0.4) is 0 Å². The van der Waals surface area contributed by atoms with Gasteiger partial charge in [0.1, 0.15) is 5.69 Å². The van der Waals surface area contributed by atoms with Crippen molar-refractivity contribution in [2.24, 2.45) is 0 Å². The van der Waals surface area contributed by atoms with E-state index in [1.807, 2.05) is 26.0 Å². The van der Waals surface area contributed by atoms with Crippen molar-refractivity contribution >= 4 is 28.9 Å². The van der Waals surface area contributed by atoms with Crippen molar-refractivity contribution in [1.82, 2.24) is 4.98 Å². The number of amides is 1. The highest BCUT2D eigenvalue weighted by Crippen LogP contribution is 2.21. The molecule has 0 radical (unpaired) electrons. The molecule has 0 fully saturated rings. The van der Waals surface area contributed by atoms with E-state index in [1.54, 1.807) is 42.6 Å². The number of hydrogen-bond acceptors (Lipinski definition) is 5. The molecule has 0 aliphatic rings. The van der Waals surface area contributed by atoms with E-state index in [4.69, 9.17) is 0 Å². The second-order valence-electron chi connectivity index (χ2n) is 6.40. The number of rotatable bonds is 5. The number of carbonyl (C=O) groups is 2. The Morgan fingerprint density at radius 2 is 1.79 bits per heavy atom. The summed E-state index contributed by atoms with van der Waals surface area (Å²) in [6, 6.07) is 16.1. The Labute approximate surface area is 163 Å². The van der Waals surface area contributed by atoms with Gasteiger partial charge >= 0.3 is 5.97 Å². The average Bonchev–Trinajstić information content (AvgIpc) is 2.70. The molecule has 0 unspecified atom stereocenters. The molecule has 1 aromatic heterocycles. The standard InChI is InChI=1S/C22H21N3O3/c1-14-7-9-19(15(2)11-14)24-18-8-10-20(23-13-18)21(26)25-17-6-4-5-16(12-17)22(27)28-3/h4-13,24H,1-3H3,(H,25,26). The molecule has 142 valence electrons. The fraction of sp³-hybridized carbons (Fsp3) is 0.136. The summed E-state index contributed by atoms with van der Waals surface area (Å²) in [7, 11) is 1.31. The molecule has 6 nitrogen and oxygen atoms in total. The first-order chi connectivity index (χ1) is 13.5. The number of hydrogen-bond donors (Lipinski definition) is 2. The normalized spacial score (nSPS) is 10.2. The Morgan fingerprint density at radius 3 is 2.46 bits per heavy atom. The van der Waals surface area contributed by atoms with E-state index in [-0.39, 0.29) is 11.6 Å². The number of aromatic nitrogens is 1. The summed E-state index contributed by atoms with van der Waals surface area (Å²) >= 11 is 0. The largest absolute Gasteiger partial charge is 0.465 e. The number of anilines is 3. The third kappa shape index (κ3) is 4.54. The van der Waals surface area contributed by atoms with Gasteiger partial charge in [0, 0.05) is 11.4 Å². The first-order valence-corrected chi connectivity index (χ1v) is 8.76. The maximum atomic E-state index is 12.4. The van der Waals surface area contributed by atoms with Crippen LogP contribution in [0.1, 0.15) is 32.0 Å². The first-order valence-electron chi connectivity index (χ1n) is 8.76. The summed E-state index contributed by atoms with van der Waals surface area (Å²) in [6.07, 6.45) is 1.61. The summed E-state index contributed by atoms with van der Waals surface area (Å²) in [5.41, 5.74) is 5.24. The topological polar surface area (TPSA) is 80.3 Å². The lowest BCUT2D eigenvalue weighted by Gasteiger charge is -2.11. The fourth-order valence-electron chi connectivity index (χ4n) is 2.75. The van der Waals surface area contributed by atoms with Crippen molar-refractivity contribution in [2.45, 2.75) is 13.8 Å².